The van der Waals surface area contributed by atoms with E-state index in [4.69, 9.17) is 13.7 Å². The lowest BCUT2D eigenvalue weighted by atomic mass is 10.1. The van der Waals surface area contributed by atoms with Crippen molar-refractivity contribution in [1.29, 1.82) is 5.26 Å². The number of hydrogen-bond acceptors (Lipinski definition) is 4. The summed E-state index contributed by atoms with van der Waals surface area (Å²) in [6.07, 6.45) is 0. The van der Waals surface area contributed by atoms with Crippen LogP contribution in [0.15, 0.2) is 46.9 Å². The zero-order chi connectivity index (χ0) is 15.0. The van der Waals surface area contributed by atoms with Gasteiger partial charge in [-0.1, -0.05) is 18.2 Å². The van der Waals surface area contributed by atoms with Gasteiger partial charge in [0.05, 0.1) is 17.3 Å². The topological polar surface area (TPSA) is 70.0 Å². The van der Waals surface area contributed by atoms with Gasteiger partial charge in [0, 0.05) is 10.2 Å². The lowest BCUT2D eigenvalue weighted by Crippen LogP contribution is -1.93. The summed E-state index contributed by atoms with van der Waals surface area (Å²) >= 11 is 2.78. The molecule has 4 nitrogen and oxygen atoms in total. The predicted molar refractivity (Wildman–Crippen MR) is 82.2 cm³/mol. The first-order valence-corrected chi connectivity index (χ1v) is 7.02. The van der Waals surface area contributed by atoms with Gasteiger partial charge < -0.3 is 5.32 Å². The molecule has 0 heterocycles. The minimum atomic E-state index is -0.750. The summed E-state index contributed by atoms with van der Waals surface area (Å²) in [5.74, 6) is 0. The Hall–Kier alpha value is -1.97. The first-order valence-electron chi connectivity index (χ1n) is 5.56. The van der Waals surface area contributed by atoms with Crippen LogP contribution in [-0.2, 0) is 11.6 Å². The lowest BCUT2D eigenvalue weighted by molar-refractivity contribution is 0.630. The van der Waals surface area contributed by atoms with Crippen molar-refractivity contribution in [3.8, 4) is 6.07 Å². The molecule has 0 aliphatic heterocycles. The first kappa shape index (κ1) is 16.1. The van der Waals surface area contributed by atoms with Crippen LogP contribution >= 0.6 is 15.9 Å². The average Bonchev–Trinajstić information content (AvgIpc) is 2.45. The van der Waals surface area contributed by atoms with E-state index in [0.29, 0.717) is 5.56 Å². The van der Waals surface area contributed by atoms with Gasteiger partial charge in [-0.3, -0.25) is 0 Å². The van der Waals surface area contributed by atoms with Crippen LogP contribution in [-0.4, -0.2) is 8.42 Å². The van der Waals surface area contributed by atoms with E-state index < -0.39 is 11.6 Å². The third-order valence-electron chi connectivity index (χ3n) is 2.44. The molecule has 0 fully saturated rings. The number of benzene rings is 2. The number of nitriles is 1. The quantitative estimate of drug-likeness (QED) is 0.896. The lowest BCUT2D eigenvalue weighted by Gasteiger charge is -2.11. The number of nitrogens with one attached hydrogen (secondary N) is 1. The number of hydrogen-bond donors (Lipinski definition) is 1. The fourth-order valence-electron chi connectivity index (χ4n) is 1.60. The smallest absolute Gasteiger partial charge is 0.335 e. The highest BCUT2D eigenvalue weighted by Gasteiger charge is 2.05. The minimum Gasteiger partial charge on any atom is -0.355 e. The van der Waals surface area contributed by atoms with Crippen molar-refractivity contribution in [2.75, 3.05) is 5.32 Å². The fourth-order valence-corrected chi connectivity index (χ4v) is 1.93. The highest BCUT2D eigenvalue weighted by Crippen LogP contribution is 2.30. The number of nitrogens with zero attached hydrogens (tertiary/aromatic N) is 1. The van der Waals surface area contributed by atoms with Crippen molar-refractivity contribution in [3.63, 3.8) is 0 Å². The largest absolute Gasteiger partial charge is 0.355 e. The SMILES string of the molecule is Cc1cc(C#N)cc(Nc2ccccc2)c1Br.O=S=O. The summed E-state index contributed by atoms with van der Waals surface area (Å²) in [4.78, 5) is 0. The molecular formula is C14H11BrN2O2S. The number of rotatable bonds is 2. The van der Waals surface area contributed by atoms with E-state index in [1.165, 1.54) is 0 Å². The average molecular weight is 351 g/mol. The van der Waals surface area contributed by atoms with E-state index >= 15 is 0 Å². The van der Waals surface area contributed by atoms with E-state index in [1.54, 1.807) is 0 Å². The Kier molecular flexibility index (Phi) is 6.64. The number of para-hydroxylation sites is 1. The van der Waals surface area contributed by atoms with Crippen LogP contribution in [0.1, 0.15) is 11.1 Å². The summed E-state index contributed by atoms with van der Waals surface area (Å²) in [5, 5.41) is 12.2. The van der Waals surface area contributed by atoms with Crippen molar-refractivity contribution >= 4 is 38.9 Å². The second kappa shape index (κ2) is 8.25. The molecule has 0 saturated carbocycles. The molecule has 0 aliphatic rings. The number of anilines is 2. The Morgan fingerprint density at radius 3 is 2.35 bits per heavy atom. The van der Waals surface area contributed by atoms with Gasteiger partial charge in [-0.25, -0.2) is 0 Å². The molecule has 0 radical (unpaired) electrons. The molecule has 2 aromatic rings. The molecule has 0 unspecified atom stereocenters. The van der Waals surface area contributed by atoms with Crippen molar-refractivity contribution in [3.05, 3.63) is 58.1 Å². The molecule has 2 aromatic carbocycles. The Morgan fingerprint density at radius 1 is 1.20 bits per heavy atom. The van der Waals surface area contributed by atoms with Crippen LogP contribution in [0, 0.1) is 18.3 Å². The van der Waals surface area contributed by atoms with Gasteiger partial charge in [-0.05, 0) is 52.7 Å². The van der Waals surface area contributed by atoms with Crippen LogP contribution in [0.5, 0.6) is 0 Å². The summed E-state index contributed by atoms with van der Waals surface area (Å²) < 4.78 is 17.6. The molecule has 6 heteroatoms. The summed E-state index contributed by atoms with van der Waals surface area (Å²) in [7, 11) is 0. The van der Waals surface area contributed by atoms with Gasteiger partial charge in [-0.2, -0.15) is 13.7 Å². The molecule has 2 rings (SSSR count). The monoisotopic (exact) mass is 350 g/mol. The molecule has 0 aliphatic carbocycles. The first-order chi connectivity index (χ1) is 9.62. The Balaban J connectivity index is 0.000000612. The van der Waals surface area contributed by atoms with Crippen LogP contribution in [0.4, 0.5) is 11.4 Å². The van der Waals surface area contributed by atoms with Crippen molar-refractivity contribution in [2.24, 2.45) is 0 Å². The van der Waals surface area contributed by atoms with Crippen molar-refractivity contribution < 1.29 is 8.42 Å². The van der Waals surface area contributed by atoms with E-state index in [1.807, 2.05) is 49.4 Å². The highest BCUT2D eigenvalue weighted by atomic mass is 79.9. The van der Waals surface area contributed by atoms with E-state index in [2.05, 4.69) is 27.3 Å². The summed E-state index contributed by atoms with van der Waals surface area (Å²) in [6.45, 7) is 1.97. The van der Waals surface area contributed by atoms with Crippen LogP contribution in [0.3, 0.4) is 0 Å². The third kappa shape index (κ3) is 4.61. The van der Waals surface area contributed by atoms with Crippen molar-refractivity contribution in [1.82, 2.24) is 0 Å². The maximum atomic E-state index is 8.95. The molecule has 20 heavy (non-hydrogen) atoms. The van der Waals surface area contributed by atoms with E-state index in [-0.39, 0.29) is 0 Å². The van der Waals surface area contributed by atoms with Gasteiger partial charge in [0.25, 0.3) is 0 Å². The van der Waals surface area contributed by atoms with Gasteiger partial charge in [0.1, 0.15) is 0 Å². The van der Waals surface area contributed by atoms with Gasteiger partial charge in [0.2, 0.25) is 0 Å². The van der Waals surface area contributed by atoms with E-state index in [9.17, 15) is 0 Å². The molecule has 0 amide bonds. The van der Waals surface area contributed by atoms with E-state index in [0.717, 1.165) is 21.4 Å². The van der Waals surface area contributed by atoms with Gasteiger partial charge >= 0.3 is 11.6 Å². The molecular weight excluding hydrogens is 340 g/mol. The Bertz CT molecular complexity index is 663. The second-order valence-electron chi connectivity index (χ2n) is 3.83. The summed E-state index contributed by atoms with van der Waals surface area (Å²) in [5.41, 5.74) is 3.61. The zero-order valence-corrected chi connectivity index (χ0v) is 13.0. The maximum Gasteiger partial charge on any atom is 0.335 e. The highest BCUT2D eigenvalue weighted by molar-refractivity contribution is 9.10. The van der Waals surface area contributed by atoms with Crippen LogP contribution < -0.4 is 5.32 Å². The predicted octanol–water partition coefficient (Wildman–Crippen LogP) is 3.70. The fraction of sp³-hybridized carbons (Fsp3) is 0.0714. The zero-order valence-electron chi connectivity index (χ0n) is 10.6. The number of halogens is 1. The molecule has 0 aromatic heterocycles. The minimum absolute atomic E-state index is 0.657. The second-order valence-corrected chi connectivity index (χ2v) is 4.75. The molecule has 0 atom stereocenters. The van der Waals surface area contributed by atoms with Crippen molar-refractivity contribution in [2.45, 2.75) is 6.92 Å². The molecule has 102 valence electrons. The maximum absolute atomic E-state index is 8.95. The van der Waals surface area contributed by atoms with Crippen LogP contribution in [0.25, 0.3) is 0 Å². The van der Waals surface area contributed by atoms with Gasteiger partial charge in [0.15, 0.2) is 0 Å². The summed E-state index contributed by atoms with van der Waals surface area (Å²) in [6, 6.07) is 15.7. The molecule has 0 bridgehead atoms. The Morgan fingerprint density at radius 2 is 1.80 bits per heavy atom. The van der Waals surface area contributed by atoms with Gasteiger partial charge in [-0.15, -0.1) is 0 Å². The standard InChI is InChI=1S/C14H11BrN2.O2S/c1-10-7-11(9-16)8-13(14(10)15)17-12-5-3-2-4-6-12;1-3-2/h2-8,17H,1H3;. The molecule has 0 saturated heterocycles. The normalized spacial score (nSPS) is 8.85. The molecule has 1 N–H and O–H groups in total. The van der Waals surface area contributed by atoms with Crippen LogP contribution in [0.2, 0.25) is 0 Å². The molecule has 0 spiro atoms. The number of aryl methyl sites for hydroxylation is 1. The third-order valence-corrected chi connectivity index (χ3v) is 3.49. The Labute approximate surface area is 129 Å².